The molecule has 0 saturated carbocycles. The van der Waals surface area contributed by atoms with Gasteiger partial charge in [-0.2, -0.15) is 10.1 Å². The Morgan fingerprint density at radius 3 is 2.90 bits per heavy atom. The van der Waals surface area contributed by atoms with Crippen molar-refractivity contribution in [1.29, 1.82) is 0 Å². The molecule has 2 bridgehead atoms. The first kappa shape index (κ1) is 19.5. The summed E-state index contributed by atoms with van der Waals surface area (Å²) >= 11 is 6.25. The Morgan fingerprint density at radius 1 is 1.34 bits per heavy atom. The van der Waals surface area contributed by atoms with E-state index in [1.54, 1.807) is 29.9 Å². The molecule has 9 heteroatoms. The molecular formula is C20H20ClFN4O3. The number of aliphatic hydroxyl groups is 1. The Morgan fingerprint density at radius 2 is 2.14 bits per heavy atom. The van der Waals surface area contributed by atoms with Gasteiger partial charge in [0.05, 0.1) is 35.5 Å². The van der Waals surface area contributed by atoms with Gasteiger partial charge in [0.15, 0.2) is 5.65 Å². The van der Waals surface area contributed by atoms with Gasteiger partial charge >= 0.3 is 0 Å². The second-order valence-corrected chi connectivity index (χ2v) is 7.25. The quantitative estimate of drug-likeness (QED) is 0.653. The summed E-state index contributed by atoms with van der Waals surface area (Å²) in [6.45, 7) is 5.94. The lowest BCUT2D eigenvalue weighted by atomic mass is 10.1. The molecule has 0 fully saturated rings. The van der Waals surface area contributed by atoms with Crippen LogP contribution in [0.5, 0.6) is 11.6 Å². The Bertz CT molecular complexity index is 1090. The van der Waals surface area contributed by atoms with Gasteiger partial charge in [0.25, 0.3) is 0 Å². The predicted molar refractivity (Wildman–Crippen MR) is 107 cm³/mol. The van der Waals surface area contributed by atoms with E-state index in [1.165, 1.54) is 12.1 Å². The number of benzene rings is 1. The second-order valence-electron chi connectivity index (χ2n) is 6.88. The summed E-state index contributed by atoms with van der Waals surface area (Å²) in [7, 11) is 1.83. The van der Waals surface area contributed by atoms with E-state index in [0.717, 1.165) is 5.56 Å². The van der Waals surface area contributed by atoms with E-state index in [0.29, 0.717) is 35.1 Å². The van der Waals surface area contributed by atoms with Crippen molar-refractivity contribution in [2.75, 3.05) is 20.2 Å². The van der Waals surface area contributed by atoms with Gasteiger partial charge in [-0.05, 0) is 19.1 Å². The Balaban J connectivity index is 1.88. The maximum absolute atomic E-state index is 14.2. The van der Waals surface area contributed by atoms with Gasteiger partial charge in [-0.1, -0.05) is 18.2 Å². The number of hydrogen-bond donors (Lipinski definition) is 1. The number of ether oxygens (including phenoxy) is 2. The van der Waals surface area contributed by atoms with Crippen LogP contribution in [-0.4, -0.2) is 50.9 Å². The van der Waals surface area contributed by atoms with Gasteiger partial charge < -0.3 is 19.5 Å². The van der Waals surface area contributed by atoms with Gasteiger partial charge in [0.1, 0.15) is 23.8 Å². The third kappa shape index (κ3) is 3.49. The predicted octanol–water partition coefficient (Wildman–Crippen LogP) is 3.32. The lowest BCUT2D eigenvalue weighted by Crippen LogP contribution is -2.35. The number of aliphatic hydroxyl groups excluding tert-OH is 1. The van der Waals surface area contributed by atoms with Crippen LogP contribution < -0.4 is 9.47 Å². The van der Waals surface area contributed by atoms with E-state index in [-0.39, 0.29) is 11.6 Å². The fourth-order valence-corrected chi connectivity index (χ4v) is 3.63. The van der Waals surface area contributed by atoms with Crippen molar-refractivity contribution < 1.29 is 19.0 Å². The highest BCUT2D eigenvalue weighted by Gasteiger charge is 2.25. The van der Waals surface area contributed by atoms with Gasteiger partial charge in [-0.3, -0.25) is 0 Å². The standard InChI is InChI=1S/C20H20ClFN4O3/c1-11-14-8-23-26-7-6-17(24-20(14)26)28-12(2)18-16(5-4-15(22)19(18)21)29-13(10-27)9-25(11)3/h4-8,12-13,27H,1,9-10H2,2-3H3. The minimum Gasteiger partial charge on any atom is -0.486 e. The largest absolute Gasteiger partial charge is 0.486 e. The van der Waals surface area contributed by atoms with Crippen LogP contribution in [0, 0.1) is 5.82 Å². The summed E-state index contributed by atoms with van der Waals surface area (Å²) in [5.41, 5.74) is 2.30. The Hall–Kier alpha value is -2.84. The molecule has 0 radical (unpaired) electrons. The van der Waals surface area contributed by atoms with Crippen LogP contribution in [0.2, 0.25) is 5.02 Å². The van der Waals surface area contributed by atoms with Crippen molar-refractivity contribution in [2.45, 2.75) is 19.1 Å². The zero-order valence-electron chi connectivity index (χ0n) is 16.0. The first-order valence-corrected chi connectivity index (χ1v) is 9.43. The van der Waals surface area contributed by atoms with Crippen molar-refractivity contribution in [3.05, 3.63) is 59.1 Å². The van der Waals surface area contributed by atoms with Crippen molar-refractivity contribution in [1.82, 2.24) is 19.5 Å². The average molecular weight is 419 g/mol. The van der Waals surface area contributed by atoms with Crippen LogP contribution in [0.15, 0.2) is 37.2 Å². The highest BCUT2D eigenvalue weighted by Crippen LogP contribution is 2.37. The number of halogens is 2. The molecule has 2 aromatic heterocycles. The van der Waals surface area contributed by atoms with Gasteiger partial charge in [0, 0.05) is 25.0 Å². The summed E-state index contributed by atoms with van der Waals surface area (Å²) in [5.74, 6) is 0.0815. The SMILES string of the molecule is C=C1c2cnn3ccc(nc23)OC(C)c2c(ccc(F)c2Cl)OC(CO)CN1C. The number of nitrogens with zero attached hydrogens (tertiary/aromatic N) is 4. The molecule has 3 heterocycles. The Kier molecular flexibility index (Phi) is 5.06. The van der Waals surface area contributed by atoms with E-state index in [1.807, 2.05) is 11.9 Å². The Labute approximate surface area is 171 Å². The zero-order chi connectivity index (χ0) is 20.7. The van der Waals surface area contributed by atoms with E-state index >= 15 is 0 Å². The van der Waals surface area contributed by atoms with E-state index in [4.69, 9.17) is 21.1 Å². The molecule has 29 heavy (non-hydrogen) atoms. The smallest absolute Gasteiger partial charge is 0.217 e. The number of hydrogen-bond acceptors (Lipinski definition) is 6. The van der Waals surface area contributed by atoms with Crippen LogP contribution >= 0.6 is 11.6 Å². The van der Waals surface area contributed by atoms with Crippen molar-refractivity contribution in [3.63, 3.8) is 0 Å². The number of likely N-dealkylation sites (N-methyl/N-ethyl adjacent to an activating group) is 1. The molecule has 2 atom stereocenters. The van der Waals surface area contributed by atoms with Gasteiger partial charge in [-0.25, -0.2) is 8.91 Å². The molecule has 7 nitrogen and oxygen atoms in total. The third-order valence-electron chi connectivity index (χ3n) is 4.89. The number of fused-ring (bicyclic) bond motifs is 2. The molecule has 0 aliphatic carbocycles. The van der Waals surface area contributed by atoms with Crippen LogP contribution in [0.3, 0.4) is 0 Å². The van der Waals surface area contributed by atoms with E-state index in [2.05, 4.69) is 16.7 Å². The van der Waals surface area contributed by atoms with Gasteiger partial charge in [-0.15, -0.1) is 0 Å². The van der Waals surface area contributed by atoms with E-state index in [9.17, 15) is 9.50 Å². The summed E-state index contributed by atoms with van der Waals surface area (Å²) in [6, 6.07) is 4.38. The zero-order valence-corrected chi connectivity index (χ0v) is 16.7. The summed E-state index contributed by atoms with van der Waals surface area (Å²) in [4.78, 5) is 6.39. The molecule has 3 aromatic rings. The third-order valence-corrected chi connectivity index (χ3v) is 5.27. The van der Waals surface area contributed by atoms with Crippen LogP contribution in [0.4, 0.5) is 4.39 Å². The van der Waals surface area contributed by atoms with Crippen LogP contribution in [0.1, 0.15) is 24.2 Å². The molecule has 4 rings (SSSR count). The number of rotatable bonds is 1. The summed E-state index contributed by atoms with van der Waals surface area (Å²) < 4.78 is 27.7. The maximum Gasteiger partial charge on any atom is 0.217 e. The molecule has 2 unspecified atom stereocenters. The topological polar surface area (TPSA) is 72.1 Å². The molecule has 1 aliphatic heterocycles. The lowest BCUT2D eigenvalue weighted by molar-refractivity contribution is 0.0945. The molecule has 1 aromatic carbocycles. The molecule has 0 amide bonds. The first-order valence-electron chi connectivity index (χ1n) is 9.06. The van der Waals surface area contributed by atoms with E-state index < -0.39 is 18.0 Å². The molecular weight excluding hydrogens is 399 g/mol. The molecule has 0 spiro atoms. The maximum atomic E-state index is 14.2. The van der Waals surface area contributed by atoms with Crippen LogP contribution in [-0.2, 0) is 0 Å². The summed E-state index contributed by atoms with van der Waals surface area (Å²) in [6.07, 6.45) is 2.13. The molecule has 0 saturated heterocycles. The van der Waals surface area contributed by atoms with Crippen molar-refractivity contribution in [3.8, 4) is 11.6 Å². The first-order chi connectivity index (χ1) is 13.9. The fraction of sp³-hybridized carbons (Fsp3) is 0.300. The van der Waals surface area contributed by atoms with Crippen molar-refractivity contribution >= 4 is 22.9 Å². The molecule has 1 aliphatic rings. The minimum atomic E-state index is -0.657. The molecule has 1 N–H and O–H groups in total. The summed E-state index contributed by atoms with van der Waals surface area (Å²) in [5, 5.41) is 14.1. The number of aromatic nitrogens is 3. The van der Waals surface area contributed by atoms with Crippen LogP contribution in [0.25, 0.3) is 11.3 Å². The highest BCUT2D eigenvalue weighted by atomic mass is 35.5. The fourth-order valence-electron chi connectivity index (χ4n) is 3.32. The normalized spacial score (nSPS) is 19.8. The average Bonchev–Trinajstić information content (AvgIpc) is 3.12. The minimum absolute atomic E-state index is 0.0922. The van der Waals surface area contributed by atoms with Crippen molar-refractivity contribution in [2.24, 2.45) is 0 Å². The monoisotopic (exact) mass is 418 g/mol. The second kappa shape index (κ2) is 7.53. The van der Waals surface area contributed by atoms with Gasteiger partial charge in [0.2, 0.25) is 5.88 Å². The lowest BCUT2D eigenvalue weighted by Gasteiger charge is -2.27. The molecule has 152 valence electrons. The highest BCUT2D eigenvalue weighted by molar-refractivity contribution is 6.31.